The highest BCUT2D eigenvalue weighted by atomic mass is 16.5. The molecule has 27 heavy (non-hydrogen) atoms. The number of imide groups is 1. The Bertz CT molecular complexity index is 737. The normalized spacial score (nSPS) is 27.0. The first-order valence-electron chi connectivity index (χ1n) is 9.78. The number of rotatable bonds is 5. The molecule has 0 aromatic heterocycles. The number of likely N-dealkylation sites (tertiary alicyclic amines) is 1. The summed E-state index contributed by atoms with van der Waals surface area (Å²) in [4.78, 5) is 31.1. The second-order valence-corrected chi connectivity index (χ2v) is 7.69. The molecule has 4 rings (SSSR count). The summed E-state index contributed by atoms with van der Waals surface area (Å²) in [5.41, 5.74) is 1.13. The van der Waals surface area contributed by atoms with Crippen LogP contribution in [0.15, 0.2) is 36.4 Å². The maximum absolute atomic E-state index is 12.6. The van der Waals surface area contributed by atoms with E-state index in [1.165, 1.54) is 4.90 Å². The van der Waals surface area contributed by atoms with E-state index in [4.69, 9.17) is 4.74 Å². The van der Waals surface area contributed by atoms with Gasteiger partial charge in [0.05, 0.1) is 30.7 Å². The maximum Gasteiger partial charge on any atom is 0.234 e. The van der Waals surface area contributed by atoms with Crippen molar-refractivity contribution in [3.8, 4) is 5.75 Å². The van der Waals surface area contributed by atoms with E-state index in [1.54, 1.807) is 0 Å². The Labute approximate surface area is 160 Å². The first-order chi connectivity index (χ1) is 13.1. The van der Waals surface area contributed by atoms with Gasteiger partial charge in [0.25, 0.3) is 0 Å². The number of likely N-dealkylation sites (N-methyl/N-ethyl adjacent to an activating group) is 2. The van der Waals surface area contributed by atoms with Crippen LogP contribution in [0.5, 0.6) is 5.75 Å². The second-order valence-electron chi connectivity index (χ2n) is 7.69. The first-order valence-corrected chi connectivity index (χ1v) is 9.78. The molecule has 1 aromatic carbocycles. The number of allylic oxidation sites excluding steroid dienone is 2. The van der Waals surface area contributed by atoms with Crippen LogP contribution in [-0.2, 0) is 9.59 Å². The highest BCUT2D eigenvalue weighted by Gasteiger charge is 2.47. The van der Waals surface area contributed by atoms with E-state index in [0.717, 1.165) is 24.5 Å². The Morgan fingerprint density at radius 2 is 1.78 bits per heavy atom. The number of benzene rings is 1. The molecule has 0 N–H and O–H groups in total. The van der Waals surface area contributed by atoms with Crippen LogP contribution < -0.4 is 9.64 Å². The van der Waals surface area contributed by atoms with Crippen LogP contribution in [0.4, 0.5) is 5.69 Å². The van der Waals surface area contributed by atoms with Gasteiger partial charge in [-0.3, -0.25) is 19.4 Å². The summed E-state index contributed by atoms with van der Waals surface area (Å²) in [6, 6.07) is 8.08. The number of hydrogen-bond donors (Lipinski definition) is 0. The molecule has 0 spiro atoms. The molecular formula is C21H27N3O3. The lowest BCUT2D eigenvalue weighted by Crippen LogP contribution is -2.48. The monoisotopic (exact) mass is 369 g/mol. The summed E-state index contributed by atoms with van der Waals surface area (Å²) in [5, 5.41) is 0. The van der Waals surface area contributed by atoms with E-state index >= 15 is 0 Å². The van der Waals surface area contributed by atoms with E-state index in [-0.39, 0.29) is 29.8 Å². The summed E-state index contributed by atoms with van der Waals surface area (Å²) < 4.78 is 6.17. The minimum Gasteiger partial charge on any atom is -0.485 e. The van der Waals surface area contributed by atoms with Gasteiger partial charge < -0.3 is 9.64 Å². The summed E-state index contributed by atoms with van der Waals surface area (Å²) >= 11 is 0. The van der Waals surface area contributed by atoms with Gasteiger partial charge >= 0.3 is 0 Å². The molecule has 0 unspecified atom stereocenters. The van der Waals surface area contributed by atoms with Crippen molar-refractivity contribution in [1.82, 2.24) is 9.80 Å². The Morgan fingerprint density at radius 1 is 1.11 bits per heavy atom. The zero-order chi connectivity index (χ0) is 19.0. The van der Waals surface area contributed by atoms with Crippen LogP contribution in [0.3, 0.4) is 0 Å². The van der Waals surface area contributed by atoms with Crippen molar-refractivity contribution in [2.24, 2.45) is 11.8 Å². The Kier molecular flexibility index (Phi) is 4.91. The zero-order valence-corrected chi connectivity index (χ0v) is 16.0. The molecule has 1 aromatic rings. The molecule has 1 saturated heterocycles. The van der Waals surface area contributed by atoms with Crippen LogP contribution in [0.2, 0.25) is 0 Å². The molecule has 0 radical (unpaired) electrons. The van der Waals surface area contributed by atoms with Gasteiger partial charge in [-0.2, -0.15) is 0 Å². The van der Waals surface area contributed by atoms with Gasteiger partial charge in [-0.15, -0.1) is 0 Å². The second kappa shape index (κ2) is 7.35. The lowest BCUT2D eigenvalue weighted by Gasteiger charge is -2.37. The minimum absolute atomic E-state index is 0.00148. The summed E-state index contributed by atoms with van der Waals surface area (Å²) in [7, 11) is 1.95. The van der Waals surface area contributed by atoms with Crippen molar-refractivity contribution in [3.05, 3.63) is 36.4 Å². The number of para-hydroxylation sites is 2. The van der Waals surface area contributed by atoms with Crippen LogP contribution in [0.25, 0.3) is 0 Å². The van der Waals surface area contributed by atoms with Crippen LogP contribution in [-0.4, -0.2) is 61.1 Å². The molecule has 1 aliphatic carbocycles. The van der Waals surface area contributed by atoms with E-state index in [1.807, 2.05) is 42.3 Å². The van der Waals surface area contributed by atoms with Crippen LogP contribution >= 0.6 is 0 Å². The molecule has 144 valence electrons. The lowest BCUT2D eigenvalue weighted by molar-refractivity contribution is -0.142. The van der Waals surface area contributed by atoms with Crippen LogP contribution in [0, 0.1) is 11.8 Å². The Morgan fingerprint density at radius 3 is 2.44 bits per heavy atom. The van der Waals surface area contributed by atoms with E-state index in [0.29, 0.717) is 26.1 Å². The largest absolute Gasteiger partial charge is 0.485 e. The number of carbonyl (C=O) groups excluding carboxylic acids is 2. The number of hydrogen-bond acceptors (Lipinski definition) is 5. The molecule has 1 fully saturated rings. The summed E-state index contributed by atoms with van der Waals surface area (Å²) in [6.45, 7) is 4.85. The van der Waals surface area contributed by atoms with Gasteiger partial charge in [-0.1, -0.05) is 24.3 Å². The molecule has 2 heterocycles. The molecule has 0 bridgehead atoms. The number of carbonyl (C=O) groups is 2. The molecule has 2 amide bonds. The summed E-state index contributed by atoms with van der Waals surface area (Å²) in [6.07, 6.45) is 5.41. The quantitative estimate of drug-likeness (QED) is 0.588. The average molecular weight is 369 g/mol. The first kappa shape index (κ1) is 18.0. The number of anilines is 1. The maximum atomic E-state index is 12.6. The smallest absolute Gasteiger partial charge is 0.234 e. The van der Waals surface area contributed by atoms with Gasteiger partial charge in [0.15, 0.2) is 0 Å². The van der Waals surface area contributed by atoms with Gasteiger partial charge in [0, 0.05) is 13.1 Å². The van der Waals surface area contributed by atoms with Gasteiger partial charge in [-0.05, 0) is 38.9 Å². The minimum atomic E-state index is -0.163. The third-order valence-electron chi connectivity index (χ3n) is 5.80. The van der Waals surface area contributed by atoms with Gasteiger partial charge in [-0.25, -0.2) is 0 Å². The number of nitrogens with zero attached hydrogens (tertiary/aromatic N) is 3. The highest BCUT2D eigenvalue weighted by Crippen LogP contribution is 2.35. The van der Waals surface area contributed by atoms with Crippen molar-refractivity contribution >= 4 is 17.5 Å². The lowest BCUT2D eigenvalue weighted by atomic mass is 9.85. The molecule has 3 aliphatic rings. The van der Waals surface area contributed by atoms with Gasteiger partial charge in [0.1, 0.15) is 11.9 Å². The third kappa shape index (κ3) is 3.34. The third-order valence-corrected chi connectivity index (χ3v) is 5.80. The van der Waals surface area contributed by atoms with Crippen molar-refractivity contribution in [3.63, 3.8) is 0 Å². The van der Waals surface area contributed by atoms with Crippen molar-refractivity contribution in [2.75, 3.05) is 38.3 Å². The predicted molar refractivity (Wildman–Crippen MR) is 103 cm³/mol. The highest BCUT2D eigenvalue weighted by molar-refractivity contribution is 6.05. The predicted octanol–water partition coefficient (Wildman–Crippen LogP) is 2.11. The summed E-state index contributed by atoms with van der Waals surface area (Å²) in [5.74, 6) is 0.528. The molecular weight excluding hydrogens is 342 g/mol. The molecule has 6 nitrogen and oxygen atoms in total. The van der Waals surface area contributed by atoms with Crippen molar-refractivity contribution in [2.45, 2.75) is 25.9 Å². The molecule has 0 saturated carbocycles. The molecule has 6 heteroatoms. The molecule has 3 atom stereocenters. The van der Waals surface area contributed by atoms with Crippen molar-refractivity contribution < 1.29 is 14.3 Å². The SMILES string of the molecule is CCN1C[C@H](CN(C)CN2C(=O)[C@@H]3CC=CC[C@H]3C2=O)Oc2ccccc21. The van der Waals surface area contributed by atoms with E-state index in [9.17, 15) is 9.59 Å². The Hall–Kier alpha value is -2.34. The number of ether oxygens (including phenoxy) is 1. The molecule has 2 aliphatic heterocycles. The van der Waals surface area contributed by atoms with E-state index in [2.05, 4.69) is 17.9 Å². The fourth-order valence-corrected chi connectivity index (χ4v) is 4.43. The topological polar surface area (TPSA) is 53.1 Å². The van der Waals surface area contributed by atoms with E-state index < -0.39 is 0 Å². The fraction of sp³-hybridized carbons (Fsp3) is 0.524. The number of amides is 2. The fourth-order valence-electron chi connectivity index (χ4n) is 4.43. The standard InChI is InChI=1S/C21H27N3O3/c1-3-23-13-15(27-19-11-7-6-10-18(19)23)12-22(2)14-24-20(25)16-8-4-5-9-17(16)21(24)26/h4-7,10-11,15-17H,3,8-9,12-14H2,1-2H3/t15-,16+,17+/m0/s1. The van der Waals surface area contributed by atoms with Gasteiger partial charge in [0.2, 0.25) is 11.8 Å². The van der Waals surface area contributed by atoms with Crippen LogP contribution in [0.1, 0.15) is 19.8 Å². The average Bonchev–Trinajstić information content (AvgIpc) is 2.92. The Balaban J connectivity index is 1.39. The number of fused-ring (bicyclic) bond motifs is 2. The van der Waals surface area contributed by atoms with Crippen molar-refractivity contribution in [1.29, 1.82) is 0 Å². The zero-order valence-electron chi connectivity index (χ0n) is 16.0.